The van der Waals surface area contributed by atoms with Crippen LogP contribution in [0.3, 0.4) is 0 Å². The maximum Gasteiger partial charge on any atom is 0.323 e. The van der Waals surface area contributed by atoms with Crippen molar-refractivity contribution >= 4 is 40.9 Å². The van der Waals surface area contributed by atoms with Gasteiger partial charge in [-0.2, -0.15) is 0 Å². The van der Waals surface area contributed by atoms with Gasteiger partial charge in [0.2, 0.25) is 0 Å². The number of nitrogens with one attached hydrogen (secondary N) is 3. The van der Waals surface area contributed by atoms with Crippen LogP contribution >= 0.6 is 11.6 Å². The second-order valence-electron chi connectivity index (χ2n) is 8.74. The first-order chi connectivity index (χ1) is 17.8. The Kier molecular flexibility index (Phi) is 8.27. The van der Waals surface area contributed by atoms with Crippen molar-refractivity contribution in [2.45, 2.75) is 26.2 Å². The molecular formula is C27H29ClN6O3. The third-order valence-electron chi connectivity index (χ3n) is 5.97. The fraction of sp³-hybridized carbons (Fsp3) is 0.222. The van der Waals surface area contributed by atoms with E-state index in [2.05, 4.69) is 16.0 Å². The number of nitrogens with zero attached hydrogens (tertiary/aromatic N) is 2. The maximum absolute atomic E-state index is 13.4. The molecule has 1 fully saturated rings. The largest absolute Gasteiger partial charge is 0.349 e. The number of anilines is 2. The normalized spacial score (nSPS) is 14.8. The molecule has 3 aromatic carbocycles. The molecule has 1 aliphatic rings. The molecule has 0 radical (unpaired) electrons. The second-order valence-corrected chi connectivity index (χ2v) is 9.18. The highest BCUT2D eigenvalue weighted by molar-refractivity contribution is 6.30. The number of halogens is 1. The van der Waals surface area contributed by atoms with Crippen LogP contribution in [0.5, 0.6) is 0 Å². The molecule has 1 atom stereocenters. The highest BCUT2D eigenvalue weighted by Crippen LogP contribution is 2.21. The van der Waals surface area contributed by atoms with E-state index in [1.54, 1.807) is 30.3 Å². The monoisotopic (exact) mass is 520 g/mol. The molecule has 0 aromatic heterocycles. The molecule has 1 aliphatic heterocycles. The summed E-state index contributed by atoms with van der Waals surface area (Å²) in [5.74, 6) is -0.476. The molecule has 37 heavy (non-hydrogen) atoms. The Morgan fingerprint density at radius 3 is 2.08 bits per heavy atom. The van der Waals surface area contributed by atoms with Crippen molar-refractivity contribution < 1.29 is 14.4 Å². The van der Waals surface area contributed by atoms with Crippen molar-refractivity contribution in [1.29, 1.82) is 0 Å². The van der Waals surface area contributed by atoms with E-state index < -0.39 is 24.1 Å². The average Bonchev–Trinajstić information content (AvgIpc) is 3.33. The Bertz CT molecular complexity index is 1230. The second kappa shape index (κ2) is 11.8. The molecule has 0 saturated carbocycles. The average molecular weight is 521 g/mol. The van der Waals surface area contributed by atoms with Crippen molar-refractivity contribution in [3.8, 4) is 0 Å². The van der Waals surface area contributed by atoms with Gasteiger partial charge in [-0.15, -0.1) is 0 Å². The number of carbonyl (C=O) groups is 3. The molecule has 3 aromatic rings. The number of nitrogens with two attached hydrogens (primary N) is 1. The topological polar surface area (TPSA) is 120 Å². The zero-order valence-electron chi connectivity index (χ0n) is 20.4. The predicted octanol–water partition coefficient (Wildman–Crippen LogP) is 4.13. The van der Waals surface area contributed by atoms with Gasteiger partial charge in [0.25, 0.3) is 5.91 Å². The number of hydrogen-bond donors (Lipinski definition) is 4. The molecule has 5 N–H and O–H groups in total. The summed E-state index contributed by atoms with van der Waals surface area (Å²) in [6.07, 6.45) is -1.15. The van der Waals surface area contributed by atoms with Gasteiger partial charge in [-0.05, 0) is 53.9 Å². The minimum absolute atomic E-state index is 0.175. The van der Waals surface area contributed by atoms with Gasteiger partial charge in [-0.3, -0.25) is 14.6 Å². The van der Waals surface area contributed by atoms with Gasteiger partial charge in [-0.25, -0.2) is 9.59 Å². The van der Waals surface area contributed by atoms with Crippen LogP contribution in [0.25, 0.3) is 0 Å². The SMILES string of the molecule is Cc1cccc(NC(=O)N2CCN(C(=O)Nc3cccc(Cl)c3)C2C(=O)NCc2cccc(CN)c2)c1. The number of rotatable bonds is 6. The lowest BCUT2D eigenvalue weighted by molar-refractivity contribution is -0.127. The summed E-state index contributed by atoms with van der Waals surface area (Å²) in [4.78, 5) is 42.5. The summed E-state index contributed by atoms with van der Waals surface area (Å²) in [6.45, 7) is 2.88. The number of urea groups is 2. The van der Waals surface area contributed by atoms with Crippen LogP contribution in [-0.4, -0.2) is 47.0 Å². The van der Waals surface area contributed by atoms with Crippen LogP contribution in [0.4, 0.5) is 21.0 Å². The van der Waals surface area contributed by atoms with E-state index >= 15 is 0 Å². The predicted molar refractivity (Wildman–Crippen MR) is 144 cm³/mol. The van der Waals surface area contributed by atoms with E-state index in [4.69, 9.17) is 17.3 Å². The molecule has 1 heterocycles. The number of carbonyl (C=O) groups excluding carboxylic acids is 3. The zero-order valence-corrected chi connectivity index (χ0v) is 21.2. The summed E-state index contributed by atoms with van der Waals surface area (Å²) in [7, 11) is 0. The van der Waals surface area contributed by atoms with E-state index in [9.17, 15) is 14.4 Å². The van der Waals surface area contributed by atoms with Crippen molar-refractivity contribution in [3.05, 3.63) is 94.5 Å². The molecule has 9 nitrogen and oxygen atoms in total. The number of hydrogen-bond acceptors (Lipinski definition) is 4. The number of benzene rings is 3. The smallest absolute Gasteiger partial charge is 0.323 e. The third kappa shape index (κ3) is 6.58. The molecule has 10 heteroatoms. The quantitative estimate of drug-likeness (QED) is 0.390. The van der Waals surface area contributed by atoms with Crippen molar-refractivity contribution in [3.63, 3.8) is 0 Å². The molecule has 192 valence electrons. The van der Waals surface area contributed by atoms with Crippen LogP contribution in [0.1, 0.15) is 16.7 Å². The highest BCUT2D eigenvalue weighted by Gasteiger charge is 2.42. The van der Waals surface area contributed by atoms with Gasteiger partial charge in [-0.1, -0.05) is 54.1 Å². The highest BCUT2D eigenvalue weighted by atomic mass is 35.5. The van der Waals surface area contributed by atoms with E-state index in [0.29, 0.717) is 22.9 Å². The Balaban J connectivity index is 1.53. The molecule has 0 spiro atoms. The minimum Gasteiger partial charge on any atom is -0.349 e. The minimum atomic E-state index is -1.15. The Labute approximate surface area is 220 Å². The fourth-order valence-corrected chi connectivity index (χ4v) is 4.35. The van der Waals surface area contributed by atoms with Gasteiger partial charge in [0.15, 0.2) is 6.17 Å². The summed E-state index contributed by atoms with van der Waals surface area (Å²) in [5.41, 5.74) is 9.59. The summed E-state index contributed by atoms with van der Waals surface area (Å²) >= 11 is 6.04. The lowest BCUT2D eigenvalue weighted by Gasteiger charge is -2.29. The lowest BCUT2D eigenvalue weighted by atomic mass is 10.1. The number of amides is 5. The first-order valence-electron chi connectivity index (χ1n) is 11.9. The molecule has 4 rings (SSSR count). The van der Waals surface area contributed by atoms with E-state index in [-0.39, 0.29) is 19.6 Å². The van der Waals surface area contributed by atoms with Crippen molar-refractivity contribution in [2.24, 2.45) is 5.73 Å². The third-order valence-corrected chi connectivity index (χ3v) is 6.20. The molecule has 0 bridgehead atoms. The standard InChI is InChI=1S/C27H29ClN6O3/c1-18-5-2-9-22(13-18)31-26(36)33-11-12-34(27(37)32-23-10-4-8-21(28)15-23)25(33)24(35)30-17-20-7-3-6-19(14-20)16-29/h2-10,13-15,25H,11-12,16-17,29H2,1H3,(H,30,35)(H,31,36)(H,32,37). The lowest BCUT2D eigenvalue weighted by Crippen LogP contribution is -2.55. The fourth-order valence-electron chi connectivity index (χ4n) is 4.16. The molecular weight excluding hydrogens is 492 g/mol. The summed E-state index contributed by atoms with van der Waals surface area (Å²) < 4.78 is 0. The Morgan fingerprint density at radius 1 is 0.865 bits per heavy atom. The van der Waals surface area contributed by atoms with Gasteiger partial charge in [0, 0.05) is 42.6 Å². The van der Waals surface area contributed by atoms with Gasteiger partial charge in [0.05, 0.1) is 0 Å². The number of aryl methyl sites for hydroxylation is 1. The molecule has 0 aliphatic carbocycles. The van der Waals surface area contributed by atoms with E-state index in [0.717, 1.165) is 16.7 Å². The van der Waals surface area contributed by atoms with Gasteiger partial charge >= 0.3 is 12.1 Å². The van der Waals surface area contributed by atoms with Crippen LogP contribution in [0.15, 0.2) is 72.8 Å². The van der Waals surface area contributed by atoms with Crippen molar-refractivity contribution in [1.82, 2.24) is 15.1 Å². The van der Waals surface area contributed by atoms with Crippen LogP contribution in [-0.2, 0) is 17.9 Å². The summed E-state index contributed by atoms with van der Waals surface area (Å²) in [5, 5.41) is 8.93. The molecule has 5 amide bonds. The van der Waals surface area contributed by atoms with Gasteiger partial charge < -0.3 is 21.7 Å². The maximum atomic E-state index is 13.4. The van der Waals surface area contributed by atoms with Crippen LogP contribution in [0, 0.1) is 6.92 Å². The zero-order chi connectivity index (χ0) is 26.4. The first kappa shape index (κ1) is 26.0. The van der Waals surface area contributed by atoms with E-state index in [1.807, 2.05) is 49.4 Å². The van der Waals surface area contributed by atoms with Crippen LogP contribution < -0.4 is 21.7 Å². The first-order valence-corrected chi connectivity index (χ1v) is 12.2. The Hall–Kier alpha value is -4.08. The van der Waals surface area contributed by atoms with Gasteiger partial charge in [0.1, 0.15) is 0 Å². The van der Waals surface area contributed by atoms with Crippen LogP contribution in [0.2, 0.25) is 5.02 Å². The van der Waals surface area contributed by atoms with Crippen molar-refractivity contribution in [2.75, 3.05) is 23.7 Å². The molecule has 1 saturated heterocycles. The summed E-state index contributed by atoms with van der Waals surface area (Å²) in [6, 6.07) is 20.6. The van der Waals surface area contributed by atoms with E-state index in [1.165, 1.54) is 9.80 Å². The molecule has 1 unspecified atom stereocenters. The Morgan fingerprint density at radius 2 is 1.46 bits per heavy atom.